The van der Waals surface area contributed by atoms with E-state index in [0.29, 0.717) is 10.6 Å². The molecule has 0 heterocycles. The van der Waals surface area contributed by atoms with Crippen LogP contribution in [0.15, 0.2) is 58.5 Å². The highest BCUT2D eigenvalue weighted by atomic mass is 35.5. The van der Waals surface area contributed by atoms with Crippen molar-refractivity contribution >= 4 is 41.2 Å². The molecule has 1 amide bonds. The number of benzene rings is 2. The topological polar surface area (TPSA) is 84.6 Å². The van der Waals surface area contributed by atoms with Crippen LogP contribution in [0.5, 0.6) is 0 Å². The van der Waals surface area contributed by atoms with Gasteiger partial charge in [-0.25, -0.2) is 5.43 Å². The van der Waals surface area contributed by atoms with Gasteiger partial charge in [0, 0.05) is 16.0 Å². The molecule has 1 N–H and O–H groups in total. The van der Waals surface area contributed by atoms with E-state index in [1.807, 2.05) is 12.1 Å². The Morgan fingerprint density at radius 1 is 1.26 bits per heavy atom. The van der Waals surface area contributed by atoms with Crippen LogP contribution >= 0.6 is 23.4 Å². The Morgan fingerprint density at radius 3 is 2.65 bits per heavy atom. The first kappa shape index (κ1) is 17.0. The van der Waals surface area contributed by atoms with Gasteiger partial charge in [-0.2, -0.15) is 5.10 Å². The zero-order valence-corrected chi connectivity index (χ0v) is 13.4. The van der Waals surface area contributed by atoms with Crippen molar-refractivity contribution in [1.82, 2.24) is 5.43 Å². The third-order valence-electron chi connectivity index (χ3n) is 2.71. The standard InChI is InChI=1S/C15H12ClN3O3S/c16-12-5-7-13(8-6-12)23-10-15(20)18-17-9-11-3-1-2-4-14(11)19(21)22/h1-9H,10H2,(H,18,20)/b17-9-. The van der Waals surface area contributed by atoms with E-state index >= 15 is 0 Å². The van der Waals surface area contributed by atoms with E-state index in [-0.39, 0.29) is 17.3 Å². The number of para-hydroxylation sites is 1. The second kappa shape index (κ2) is 8.30. The van der Waals surface area contributed by atoms with Gasteiger partial charge >= 0.3 is 0 Å². The normalized spacial score (nSPS) is 10.7. The van der Waals surface area contributed by atoms with Crippen LogP contribution in [-0.4, -0.2) is 22.8 Å². The van der Waals surface area contributed by atoms with Gasteiger partial charge in [0.15, 0.2) is 0 Å². The van der Waals surface area contributed by atoms with Crippen LogP contribution in [0.25, 0.3) is 0 Å². The summed E-state index contributed by atoms with van der Waals surface area (Å²) in [4.78, 5) is 22.9. The summed E-state index contributed by atoms with van der Waals surface area (Å²) in [6.07, 6.45) is 1.25. The fourth-order valence-corrected chi connectivity index (χ4v) is 2.47. The molecule has 0 fully saturated rings. The maximum absolute atomic E-state index is 11.7. The van der Waals surface area contributed by atoms with Crippen molar-refractivity contribution in [2.75, 3.05) is 5.75 Å². The number of carbonyl (C=O) groups is 1. The Kier molecular flexibility index (Phi) is 6.13. The van der Waals surface area contributed by atoms with E-state index in [2.05, 4.69) is 10.5 Å². The molecule has 0 aliphatic heterocycles. The lowest BCUT2D eigenvalue weighted by Gasteiger charge is -2.01. The number of nitro groups is 1. The maximum atomic E-state index is 11.7. The molecule has 2 aromatic carbocycles. The third-order valence-corrected chi connectivity index (χ3v) is 3.97. The third kappa shape index (κ3) is 5.39. The van der Waals surface area contributed by atoms with Gasteiger partial charge in [-0.15, -0.1) is 11.8 Å². The van der Waals surface area contributed by atoms with E-state index < -0.39 is 4.92 Å². The molecule has 0 aliphatic rings. The van der Waals surface area contributed by atoms with E-state index in [1.54, 1.807) is 30.3 Å². The Balaban J connectivity index is 1.87. The fourth-order valence-electron chi connectivity index (χ4n) is 1.65. The quantitative estimate of drug-likeness (QED) is 0.374. The fraction of sp³-hybridized carbons (Fsp3) is 0.0667. The lowest BCUT2D eigenvalue weighted by Crippen LogP contribution is -2.19. The molecular weight excluding hydrogens is 338 g/mol. The molecule has 118 valence electrons. The molecule has 0 aliphatic carbocycles. The number of halogens is 1. The average molecular weight is 350 g/mol. The number of amides is 1. The number of hydrogen-bond donors (Lipinski definition) is 1. The van der Waals surface area contributed by atoms with Gasteiger partial charge in [-0.3, -0.25) is 14.9 Å². The molecule has 6 nitrogen and oxygen atoms in total. The number of thioether (sulfide) groups is 1. The molecule has 8 heteroatoms. The van der Waals surface area contributed by atoms with E-state index in [4.69, 9.17) is 11.6 Å². The van der Waals surface area contributed by atoms with Crippen LogP contribution < -0.4 is 5.43 Å². The van der Waals surface area contributed by atoms with Crippen molar-refractivity contribution in [3.05, 3.63) is 69.2 Å². The molecule has 0 bridgehead atoms. The monoisotopic (exact) mass is 349 g/mol. The highest BCUT2D eigenvalue weighted by molar-refractivity contribution is 8.00. The number of nitro benzene ring substituents is 1. The van der Waals surface area contributed by atoms with Crippen molar-refractivity contribution < 1.29 is 9.72 Å². The molecule has 0 unspecified atom stereocenters. The van der Waals surface area contributed by atoms with Gasteiger partial charge in [-0.05, 0) is 30.3 Å². The predicted octanol–water partition coefficient (Wildman–Crippen LogP) is 3.49. The molecule has 0 saturated carbocycles. The first-order valence-corrected chi connectivity index (χ1v) is 7.86. The molecule has 0 saturated heterocycles. The first-order chi connectivity index (χ1) is 11.1. The van der Waals surface area contributed by atoms with Gasteiger partial charge in [-0.1, -0.05) is 23.7 Å². The maximum Gasteiger partial charge on any atom is 0.278 e. The number of hydrogen-bond acceptors (Lipinski definition) is 5. The Hall–Kier alpha value is -2.38. The van der Waals surface area contributed by atoms with Crippen molar-refractivity contribution in [3.8, 4) is 0 Å². The predicted molar refractivity (Wildman–Crippen MR) is 91.0 cm³/mol. The van der Waals surface area contributed by atoms with Gasteiger partial charge in [0.05, 0.1) is 22.5 Å². The van der Waals surface area contributed by atoms with Crippen LogP contribution in [-0.2, 0) is 4.79 Å². The zero-order valence-electron chi connectivity index (χ0n) is 11.8. The second-order valence-corrected chi connectivity index (χ2v) is 5.84. The molecule has 23 heavy (non-hydrogen) atoms. The van der Waals surface area contributed by atoms with Crippen molar-refractivity contribution in [2.24, 2.45) is 5.10 Å². The largest absolute Gasteiger partial charge is 0.278 e. The molecule has 0 aromatic heterocycles. The van der Waals surface area contributed by atoms with E-state index in [0.717, 1.165) is 4.90 Å². The highest BCUT2D eigenvalue weighted by Crippen LogP contribution is 2.20. The van der Waals surface area contributed by atoms with Gasteiger partial charge in [0.2, 0.25) is 5.91 Å². The molecular formula is C15H12ClN3O3S. The summed E-state index contributed by atoms with van der Waals surface area (Å²) in [6, 6.07) is 13.3. The smallest absolute Gasteiger partial charge is 0.272 e. The Labute approximate surface area is 141 Å². The van der Waals surface area contributed by atoms with Crippen LogP contribution in [0, 0.1) is 10.1 Å². The highest BCUT2D eigenvalue weighted by Gasteiger charge is 2.10. The lowest BCUT2D eigenvalue weighted by atomic mass is 10.2. The van der Waals surface area contributed by atoms with Crippen LogP contribution in [0.3, 0.4) is 0 Å². The second-order valence-electron chi connectivity index (χ2n) is 4.35. The summed E-state index contributed by atoms with van der Waals surface area (Å²) in [6.45, 7) is 0. The molecule has 0 spiro atoms. The zero-order chi connectivity index (χ0) is 16.7. The van der Waals surface area contributed by atoms with Gasteiger partial charge in [0.1, 0.15) is 0 Å². The number of rotatable bonds is 6. The van der Waals surface area contributed by atoms with E-state index in [1.165, 1.54) is 24.0 Å². The minimum absolute atomic E-state index is 0.0685. The Bertz CT molecular complexity index is 735. The van der Waals surface area contributed by atoms with Crippen molar-refractivity contribution in [3.63, 3.8) is 0 Å². The minimum Gasteiger partial charge on any atom is -0.272 e. The first-order valence-electron chi connectivity index (χ1n) is 6.50. The van der Waals surface area contributed by atoms with E-state index in [9.17, 15) is 14.9 Å². The van der Waals surface area contributed by atoms with Crippen LogP contribution in [0.4, 0.5) is 5.69 Å². The number of carbonyl (C=O) groups excluding carboxylic acids is 1. The molecule has 0 radical (unpaired) electrons. The number of hydrazone groups is 1. The summed E-state index contributed by atoms with van der Waals surface area (Å²) >= 11 is 7.12. The number of nitrogens with one attached hydrogen (secondary N) is 1. The number of nitrogens with zero attached hydrogens (tertiary/aromatic N) is 2. The summed E-state index contributed by atoms with van der Waals surface area (Å²) < 4.78 is 0. The van der Waals surface area contributed by atoms with Gasteiger partial charge < -0.3 is 0 Å². The van der Waals surface area contributed by atoms with Crippen molar-refractivity contribution in [2.45, 2.75) is 4.90 Å². The molecule has 2 rings (SSSR count). The molecule has 2 aromatic rings. The summed E-state index contributed by atoms with van der Waals surface area (Å²) in [5, 5.41) is 15.2. The summed E-state index contributed by atoms with van der Waals surface area (Å²) in [5.74, 6) is -0.129. The summed E-state index contributed by atoms with van der Waals surface area (Å²) in [7, 11) is 0. The van der Waals surface area contributed by atoms with Crippen LogP contribution in [0.1, 0.15) is 5.56 Å². The van der Waals surface area contributed by atoms with Gasteiger partial charge in [0.25, 0.3) is 5.69 Å². The summed E-state index contributed by atoms with van der Waals surface area (Å²) in [5.41, 5.74) is 2.59. The Morgan fingerprint density at radius 2 is 1.96 bits per heavy atom. The van der Waals surface area contributed by atoms with Crippen LogP contribution in [0.2, 0.25) is 5.02 Å². The van der Waals surface area contributed by atoms with Crippen molar-refractivity contribution in [1.29, 1.82) is 0 Å². The molecule has 0 atom stereocenters. The lowest BCUT2D eigenvalue weighted by molar-refractivity contribution is -0.385. The SMILES string of the molecule is O=C(CSc1ccc(Cl)cc1)N/N=C\c1ccccc1[N+](=O)[O-]. The average Bonchev–Trinajstić information content (AvgIpc) is 2.54. The minimum atomic E-state index is -0.500.